The minimum absolute atomic E-state index is 0.750. The first-order valence-electron chi connectivity index (χ1n) is 5.76. The lowest BCUT2D eigenvalue weighted by atomic mass is 9.77. The van der Waals surface area contributed by atoms with Crippen LogP contribution in [0.2, 0.25) is 0 Å². The summed E-state index contributed by atoms with van der Waals surface area (Å²) in [5.74, 6) is 2.61. The molecule has 1 fully saturated rings. The van der Waals surface area contributed by atoms with Crippen LogP contribution < -0.4 is 10.1 Å². The van der Waals surface area contributed by atoms with E-state index >= 15 is 0 Å². The van der Waals surface area contributed by atoms with Gasteiger partial charge in [0.05, 0.1) is 7.11 Å². The molecule has 1 aliphatic carbocycles. The standard InChI is InChI=1S/C13H17NO/c1-15-11-4-5-12-9(6-11)2-3-10-7-14-8-13(10)12/h4-6,10,13-14H,2-3,7-8H2,1H3/t10-,13-/m1/s1. The van der Waals surface area contributed by atoms with E-state index in [1.165, 1.54) is 24.9 Å². The van der Waals surface area contributed by atoms with E-state index in [2.05, 4.69) is 23.5 Å². The number of ether oxygens (including phenoxy) is 1. The second kappa shape index (κ2) is 3.53. The SMILES string of the molecule is COc1ccc2c(c1)CC[C@@H]1CNC[C@@H]21. The third kappa shape index (κ3) is 1.44. The zero-order valence-electron chi connectivity index (χ0n) is 9.12. The Hall–Kier alpha value is -1.02. The highest BCUT2D eigenvalue weighted by Gasteiger charge is 2.33. The van der Waals surface area contributed by atoms with E-state index < -0.39 is 0 Å². The summed E-state index contributed by atoms with van der Waals surface area (Å²) < 4.78 is 5.28. The number of hydrogen-bond acceptors (Lipinski definition) is 2. The highest BCUT2D eigenvalue weighted by molar-refractivity contribution is 5.40. The molecular weight excluding hydrogens is 186 g/mol. The van der Waals surface area contributed by atoms with Crippen molar-refractivity contribution in [3.05, 3.63) is 29.3 Å². The number of fused-ring (bicyclic) bond motifs is 3. The summed E-state index contributed by atoms with van der Waals surface area (Å²) in [5.41, 5.74) is 3.05. The molecule has 1 heterocycles. The van der Waals surface area contributed by atoms with Gasteiger partial charge in [-0.1, -0.05) is 6.07 Å². The van der Waals surface area contributed by atoms with Crippen molar-refractivity contribution in [3.8, 4) is 5.75 Å². The van der Waals surface area contributed by atoms with Gasteiger partial charge in [-0.15, -0.1) is 0 Å². The summed E-state index contributed by atoms with van der Waals surface area (Å²) in [6, 6.07) is 6.57. The molecule has 1 aliphatic heterocycles. The Bertz CT molecular complexity index is 375. The van der Waals surface area contributed by atoms with Crippen LogP contribution in [0, 0.1) is 5.92 Å². The van der Waals surface area contributed by atoms with E-state index in [-0.39, 0.29) is 0 Å². The summed E-state index contributed by atoms with van der Waals surface area (Å²) in [7, 11) is 1.74. The maximum atomic E-state index is 5.28. The molecule has 0 unspecified atom stereocenters. The van der Waals surface area contributed by atoms with Crippen LogP contribution >= 0.6 is 0 Å². The molecule has 0 bridgehead atoms. The molecule has 0 spiro atoms. The fourth-order valence-corrected chi connectivity index (χ4v) is 3.03. The Morgan fingerprint density at radius 2 is 2.27 bits per heavy atom. The first kappa shape index (κ1) is 9.22. The van der Waals surface area contributed by atoms with E-state index in [4.69, 9.17) is 4.74 Å². The maximum absolute atomic E-state index is 5.28. The van der Waals surface area contributed by atoms with Gasteiger partial charge in [0.25, 0.3) is 0 Å². The van der Waals surface area contributed by atoms with Gasteiger partial charge >= 0.3 is 0 Å². The Morgan fingerprint density at radius 1 is 1.33 bits per heavy atom. The monoisotopic (exact) mass is 203 g/mol. The van der Waals surface area contributed by atoms with Crippen molar-refractivity contribution in [2.75, 3.05) is 20.2 Å². The molecule has 80 valence electrons. The van der Waals surface area contributed by atoms with Gasteiger partial charge in [-0.25, -0.2) is 0 Å². The maximum Gasteiger partial charge on any atom is 0.119 e. The predicted molar refractivity (Wildman–Crippen MR) is 60.4 cm³/mol. The third-order valence-electron chi connectivity index (χ3n) is 3.87. The van der Waals surface area contributed by atoms with Crippen molar-refractivity contribution in [1.82, 2.24) is 5.32 Å². The van der Waals surface area contributed by atoms with Gasteiger partial charge in [-0.2, -0.15) is 0 Å². The number of hydrogen-bond donors (Lipinski definition) is 1. The topological polar surface area (TPSA) is 21.3 Å². The average Bonchev–Trinajstić information content (AvgIpc) is 2.76. The first-order valence-corrected chi connectivity index (χ1v) is 5.76. The van der Waals surface area contributed by atoms with Crippen molar-refractivity contribution >= 4 is 0 Å². The molecule has 2 heteroatoms. The minimum Gasteiger partial charge on any atom is -0.497 e. The van der Waals surface area contributed by atoms with Crippen LogP contribution in [0.3, 0.4) is 0 Å². The molecule has 1 saturated heterocycles. The lowest BCUT2D eigenvalue weighted by Crippen LogP contribution is -2.18. The summed E-state index contributed by atoms with van der Waals surface area (Å²) in [6.07, 6.45) is 2.55. The molecule has 1 aromatic rings. The molecule has 0 radical (unpaired) electrons. The Kier molecular flexibility index (Phi) is 2.17. The van der Waals surface area contributed by atoms with Crippen molar-refractivity contribution in [1.29, 1.82) is 0 Å². The van der Waals surface area contributed by atoms with Gasteiger partial charge in [0.2, 0.25) is 0 Å². The Morgan fingerprint density at radius 3 is 3.13 bits per heavy atom. The quantitative estimate of drug-likeness (QED) is 0.753. The van der Waals surface area contributed by atoms with Gasteiger partial charge in [-0.05, 0) is 48.6 Å². The van der Waals surface area contributed by atoms with Crippen LogP contribution in [0.1, 0.15) is 23.5 Å². The van der Waals surface area contributed by atoms with Gasteiger partial charge in [0.15, 0.2) is 0 Å². The van der Waals surface area contributed by atoms with Crippen molar-refractivity contribution in [2.24, 2.45) is 5.92 Å². The van der Waals surface area contributed by atoms with E-state index in [9.17, 15) is 0 Å². The number of methoxy groups -OCH3 is 1. The van der Waals surface area contributed by atoms with E-state index in [1.54, 1.807) is 12.7 Å². The van der Waals surface area contributed by atoms with E-state index in [0.29, 0.717) is 0 Å². The smallest absolute Gasteiger partial charge is 0.119 e. The summed E-state index contributed by atoms with van der Waals surface area (Å²) in [4.78, 5) is 0. The van der Waals surface area contributed by atoms with Crippen LogP contribution in [0.15, 0.2) is 18.2 Å². The van der Waals surface area contributed by atoms with Gasteiger partial charge in [-0.3, -0.25) is 0 Å². The van der Waals surface area contributed by atoms with Gasteiger partial charge < -0.3 is 10.1 Å². The largest absolute Gasteiger partial charge is 0.497 e. The number of rotatable bonds is 1. The van der Waals surface area contributed by atoms with Crippen LogP contribution in [0.4, 0.5) is 0 Å². The van der Waals surface area contributed by atoms with E-state index in [0.717, 1.165) is 24.1 Å². The van der Waals surface area contributed by atoms with Crippen LogP contribution in [-0.4, -0.2) is 20.2 Å². The molecule has 15 heavy (non-hydrogen) atoms. The Labute approximate surface area is 90.6 Å². The molecule has 2 atom stereocenters. The molecule has 1 N–H and O–H groups in total. The highest BCUT2D eigenvalue weighted by atomic mass is 16.5. The van der Waals surface area contributed by atoms with Gasteiger partial charge in [0.1, 0.15) is 5.75 Å². The number of benzene rings is 1. The first-order chi connectivity index (χ1) is 7.38. The summed E-state index contributed by atoms with van der Waals surface area (Å²) >= 11 is 0. The molecule has 0 saturated carbocycles. The molecule has 2 aliphatic rings. The average molecular weight is 203 g/mol. The fourth-order valence-electron chi connectivity index (χ4n) is 3.03. The highest BCUT2D eigenvalue weighted by Crippen LogP contribution is 2.39. The molecule has 3 rings (SSSR count). The normalized spacial score (nSPS) is 28.3. The zero-order chi connectivity index (χ0) is 10.3. The third-order valence-corrected chi connectivity index (χ3v) is 3.87. The summed E-state index contributed by atoms with van der Waals surface area (Å²) in [5, 5.41) is 3.50. The van der Waals surface area contributed by atoms with Crippen molar-refractivity contribution in [3.63, 3.8) is 0 Å². The van der Waals surface area contributed by atoms with Crippen LogP contribution in [0.5, 0.6) is 5.75 Å². The van der Waals surface area contributed by atoms with Crippen molar-refractivity contribution < 1.29 is 4.74 Å². The number of aryl methyl sites for hydroxylation is 1. The molecule has 2 nitrogen and oxygen atoms in total. The Balaban J connectivity index is 2.00. The minimum atomic E-state index is 0.750. The lowest BCUT2D eigenvalue weighted by Gasteiger charge is -2.27. The second-order valence-electron chi connectivity index (χ2n) is 4.63. The molecule has 0 amide bonds. The van der Waals surface area contributed by atoms with Crippen LogP contribution in [-0.2, 0) is 6.42 Å². The molecular formula is C13H17NO. The fraction of sp³-hybridized carbons (Fsp3) is 0.538. The molecule has 1 aromatic carbocycles. The van der Waals surface area contributed by atoms with Gasteiger partial charge in [0, 0.05) is 12.5 Å². The van der Waals surface area contributed by atoms with Crippen molar-refractivity contribution in [2.45, 2.75) is 18.8 Å². The number of nitrogens with one attached hydrogen (secondary N) is 1. The lowest BCUT2D eigenvalue weighted by molar-refractivity contribution is 0.409. The van der Waals surface area contributed by atoms with Crippen LogP contribution in [0.25, 0.3) is 0 Å². The second-order valence-corrected chi connectivity index (χ2v) is 4.63. The molecule has 0 aromatic heterocycles. The van der Waals surface area contributed by atoms with E-state index in [1.807, 2.05) is 0 Å². The summed E-state index contributed by atoms with van der Waals surface area (Å²) in [6.45, 7) is 2.36. The zero-order valence-corrected chi connectivity index (χ0v) is 9.12. The predicted octanol–water partition coefficient (Wildman–Crippen LogP) is 1.94.